The highest BCUT2D eigenvalue weighted by molar-refractivity contribution is 5.79. The summed E-state index contributed by atoms with van der Waals surface area (Å²) >= 11 is 0. The molecule has 102 valence electrons. The van der Waals surface area contributed by atoms with Crippen LogP contribution >= 0.6 is 0 Å². The molecular formula is C13H30N4. The van der Waals surface area contributed by atoms with Gasteiger partial charge in [0.05, 0.1) is 0 Å². The topological polar surface area (TPSA) is 39.7 Å². The van der Waals surface area contributed by atoms with Crippen LogP contribution in [0.25, 0.3) is 0 Å². The summed E-state index contributed by atoms with van der Waals surface area (Å²) in [5.74, 6) is 0.932. The standard InChI is InChI=1S/C13H30N4/c1-7-9-15-12(14-8-2)16-10-13(3,4)11-17(5)6/h7-11H2,1-6H3,(H2,14,15,16). The normalized spacial score (nSPS) is 13.0. The van der Waals surface area contributed by atoms with E-state index in [-0.39, 0.29) is 5.41 Å². The Morgan fingerprint density at radius 2 is 1.82 bits per heavy atom. The van der Waals surface area contributed by atoms with E-state index in [9.17, 15) is 0 Å². The van der Waals surface area contributed by atoms with E-state index >= 15 is 0 Å². The molecule has 0 atom stereocenters. The zero-order chi connectivity index (χ0) is 13.3. The first-order valence-electron chi connectivity index (χ1n) is 6.58. The van der Waals surface area contributed by atoms with Gasteiger partial charge in [-0.15, -0.1) is 0 Å². The summed E-state index contributed by atoms with van der Waals surface area (Å²) in [5, 5.41) is 6.59. The van der Waals surface area contributed by atoms with Crippen LogP contribution < -0.4 is 10.6 Å². The zero-order valence-electron chi connectivity index (χ0n) is 12.4. The maximum atomic E-state index is 4.64. The summed E-state index contributed by atoms with van der Waals surface area (Å²) in [6.07, 6.45) is 1.12. The second-order valence-corrected chi connectivity index (χ2v) is 5.52. The Labute approximate surface area is 107 Å². The fourth-order valence-electron chi connectivity index (χ4n) is 1.78. The van der Waals surface area contributed by atoms with Gasteiger partial charge in [-0.2, -0.15) is 0 Å². The molecule has 0 heterocycles. The summed E-state index contributed by atoms with van der Waals surface area (Å²) < 4.78 is 0. The summed E-state index contributed by atoms with van der Waals surface area (Å²) in [6.45, 7) is 12.5. The molecule has 0 aromatic carbocycles. The van der Waals surface area contributed by atoms with E-state index in [1.165, 1.54) is 0 Å². The molecule has 0 amide bonds. The monoisotopic (exact) mass is 242 g/mol. The first-order chi connectivity index (χ1) is 7.91. The number of nitrogens with one attached hydrogen (secondary N) is 2. The number of guanidine groups is 1. The van der Waals surface area contributed by atoms with Gasteiger partial charge in [-0.05, 0) is 32.9 Å². The van der Waals surface area contributed by atoms with Gasteiger partial charge in [0.15, 0.2) is 5.96 Å². The van der Waals surface area contributed by atoms with Gasteiger partial charge >= 0.3 is 0 Å². The Bertz CT molecular complexity index is 221. The van der Waals surface area contributed by atoms with Crippen LogP contribution in [0.4, 0.5) is 0 Å². The molecule has 4 heteroatoms. The highest BCUT2D eigenvalue weighted by Crippen LogP contribution is 2.15. The van der Waals surface area contributed by atoms with E-state index in [0.29, 0.717) is 0 Å². The molecule has 4 nitrogen and oxygen atoms in total. The van der Waals surface area contributed by atoms with Gasteiger partial charge in [0.1, 0.15) is 0 Å². The number of hydrogen-bond donors (Lipinski definition) is 2. The third kappa shape index (κ3) is 8.98. The van der Waals surface area contributed by atoms with Crippen molar-refractivity contribution < 1.29 is 0 Å². The third-order valence-corrected chi connectivity index (χ3v) is 2.30. The predicted molar refractivity (Wildman–Crippen MR) is 76.6 cm³/mol. The van der Waals surface area contributed by atoms with Crippen LogP contribution in [0.5, 0.6) is 0 Å². The zero-order valence-corrected chi connectivity index (χ0v) is 12.4. The minimum Gasteiger partial charge on any atom is -0.357 e. The lowest BCUT2D eigenvalue weighted by molar-refractivity contribution is 0.248. The van der Waals surface area contributed by atoms with Gasteiger partial charge in [-0.25, -0.2) is 0 Å². The van der Waals surface area contributed by atoms with Crippen molar-refractivity contribution in [1.29, 1.82) is 0 Å². The molecule has 0 spiro atoms. The first kappa shape index (κ1) is 16.2. The molecule has 0 aromatic heterocycles. The lowest BCUT2D eigenvalue weighted by Gasteiger charge is -2.26. The second kappa shape index (κ2) is 8.34. The molecule has 0 aromatic rings. The minimum atomic E-state index is 0.206. The molecule has 0 aliphatic carbocycles. The maximum absolute atomic E-state index is 4.64. The van der Waals surface area contributed by atoms with E-state index in [2.05, 4.69) is 62.3 Å². The highest BCUT2D eigenvalue weighted by atomic mass is 15.2. The van der Waals surface area contributed by atoms with Crippen molar-refractivity contribution in [3.63, 3.8) is 0 Å². The lowest BCUT2D eigenvalue weighted by atomic mass is 9.93. The average Bonchev–Trinajstić information content (AvgIpc) is 2.20. The highest BCUT2D eigenvalue weighted by Gasteiger charge is 2.18. The van der Waals surface area contributed by atoms with Crippen LogP contribution in [0, 0.1) is 5.41 Å². The van der Waals surface area contributed by atoms with Crippen LogP contribution in [0.1, 0.15) is 34.1 Å². The van der Waals surface area contributed by atoms with Gasteiger partial charge in [0.2, 0.25) is 0 Å². The van der Waals surface area contributed by atoms with Crippen LogP contribution in [0.3, 0.4) is 0 Å². The van der Waals surface area contributed by atoms with Gasteiger partial charge in [-0.3, -0.25) is 4.99 Å². The number of nitrogens with zero attached hydrogens (tertiary/aromatic N) is 2. The van der Waals surface area contributed by atoms with Gasteiger partial charge in [-0.1, -0.05) is 20.8 Å². The van der Waals surface area contributed by atoms with Crippen molar-refractivity contribution >= 4 is 5.96 Å². The Kier molecular flexibility index (Phi) is 7.96. The molecule has 2 N–H and O–H groups in total. The fraction of sp³-hybridized carbons (Fsp3) is 0.923. The van der Waals surface area contributed by atoms with E-state index < -0.39 is 0 Å². The molecule has 0 rings (SSSR count). The number of hydrogen-bond acceptors (Lipinski definition) is 2. The molecule has 0 saturated carbocycles. The predicted octanol–water partition coefficient (Wildman–Crippen LogP) is 1.54. The Hall–Kier alpha value is -0.770. The Morgan fingerprint density at radius 3 is 2.29 bits per heavy atom. The van der Waals surface area contributed by atoms with E-state index in [0.717, 1.165) is 38.6 Å². The van der Waals surface area contributed by atoms with Crippen molar-refractivity contribution in [1.82, 2.24) is 15.5 Å². The van der Waals surface area contributed by atoms with Gasteiger partial charge in [0, 0.05) is 26.2 Å². The van der Waals surface area contributed by atoms with Crippen molar-refractivity contribution in [2.75, 3.05) is 40.3 Å². The van der Waals surface area contributed by atoms with Crippen LogP contribution in [0.15, 0.2) is 4.99 Å². The smallest absolute Gasteiger partial charge is 0.191 e. The molecule has 0 fully saturated rings. The van der Waals surface area contributed by atoms with Crippen LogP contribution in [-0.2, 0) is 0 Å². The third-order valence-electron chi connectivity index (χ3n) is 2.30. The quantitative estimate of drug-likeness (QED) is 0.525. The van der Waals surface area contributed by atoms with E-state index in [1.807, 2.05) is 0 Å². The molecule has 0 aliphatic rings. The molecule has 0 aliphatic heterocycles. The van der Waals surface area contributed by atoms with Crippen LogP contribution in [0.2, 0.25) is 0 Å². The Balaban J connectivity index is 4.29. The largest absolute Gasteiger partial charge is 0.357 e. The lowest BCUT2D eigenvalue weighted by Crippen LogP contribution is -2.39. The van der Waals surface area contributed by atoms with Crippen LogP contribution in [-0.4, -0.2) is 51.1 Å². The second-order valence-electron chi connectivity index (χ2n) is 5.52. The van der Waals surface area contributed by atoms with Crippen molar-refractivity contribution in [2.24, 2.45) is 10.4 Å². The summed E-state index contributed by atoms with van der Waals surface area (Å²) in [5.41, 5.74) is 0.206. The van der Waals surface area contributed by atoms with Gasteiger partial charge < -0.3 is 15.5 Å². The summed E-state index contributed by atoms with van der Waals surface area (Å²) in [7, 11) is 4.21. The minimum absolute atomic E-state index is 0.206. The van der Waals surface area contributed by atoms with Gasteiger partial charge in [0.25, 0.3) is 0 Å². The summed E-state index contributed by atoms with van der Waals surface area (Å²) in [4.78, 5) is 6.85. The SMILES string of the molecule is CCCNC(=NCC(C)(C)CN(C)C)NCC. The first-order valence-corrected chi connectivity index (χ1v) is 6.58. The average molecular weight is 242 g/mol. The molecule has 17 heavy (non-hydrogen) atoms. The number of aliphatic imine (C=N–C) groups is 1. The van der Waals surface area contributed by atoms with Crippen molar-refractivity contribution in [2.45, 2.75) is 34.1 Å². The van der Waals surface area contributed by atoms with E-state index in [4.69, 9.17) is 0 Å². The molecule has 0 bridgehead atoms. The molecule has 0 saturated heterocycles. The molecule has 0 radical (unpaired) electrons. The molecular weight excluding hydrogens is 212 g/mol. The number of rotatable bonds is 7. The van der Waals surface area contributed by atoms with E-state index in [1.54, 1.807) is 0 Å². The Morgan fingerprint density at radius 1 is 1.18 bits per heavy atom. The molecule has 0 unspecified atom stereocenters. The van der Waals surface area contributed by atoms with Crippen molar-refractivity contribution in [3.05, 3.63) is 0 Å². The van der Waals surface area contributed by atoms with Crippen molar-refractivity contribution in [3.8, 4) is 0 Å². The maximum Gasteiger partial charge on any atom is 0.191 e. The summed E-state index contributed by atoms with van der Waals surface area (Å²) in [6, 6.07) is 0. The fourth-order valence-corrected chi connectivity index (χ4v) is 1.78.